The van der Waals surface area contributed by atoms with E-state index in [2.05, 4.69) is 4.90 Å². The van der Waals surface area contributed by atoms with Gasteiger partial charge in [0.2, 0.25) is 5.91 Å². The molecule has 5 heteroatoms. The van der Waals surface area contributed by atoms with Crippen LogP contribution < -0.4 is 0 Å². The molecular weight excluding hydrogens is 288 g/mol. The molecule has 2 heterocycles. The second kappa shape index (κ2) is 6.77. The molecule has 2 aliphatic rings. The summed E-state index contributed by atoms with van der Waals surface area (Å²) < 4.78 is 5.80. The minimum Gasteiger partial charge on any atom is -0.370 e. The van der Waals surface area contributed by atoms with E-state index >= 15 is 0 Å². The Hall–Kier alpha value is -1.10. The van der Waals surface area contributed by atoms with Gasteiger partial charge in [0.05, 0.1) is 19.7 Å². The van der Waals surface area contributed by atoms with Crippen LogP contribution in [0, 0.1) is 0 Å². The number of benzene rings is 1. The Labute approximate surface area is 130 Å². The van der Waals surface area contributed by atoms with E-state index in [9.17, 15) is 4.79 Å². The van der Waals surface area contributed by atoms with E-state index in [1.807, 2.05) is 29.2 Å². The summed E-state index contributed by atoms with van der Waals surface area (Å²) in [5.41, 5.74) is 1.08. The zero-order chi connectivity index (χ0) is 14.7. The summed E-state index contributed by atoms with van der Waals surface area (Å²) in [5.74, 6) is 0.221. The Morgan fingerprint density at radius 1 is 1.19 bits per heavy atom. The first kappa shape index (κ1) is 14.8. The number of amides is 1. The number of morpholine rings is 1. The molecule has 2 aliphatic heterocycles. The predicted octanol–water partition coefficient (Wildman–Crippen LogP) is 2.34. The van der Waals surface area contributed by atoms with Crippen molar-refractivity contribution in [3.63, 3.8) is 0 Å². The Morgan fingerprint density at radius 2 is 1.90 bits per heavy atom. The third kappa shape index (κ3) is 3.76. The van der Waals surface area contributed by atoms with E-state index < -0.39 is 0 Å². The first-order valence-corrected chi connectivity index (χ1v) is 7.97. The molecule has 3 rings (SSSR count). The highest BCUT2D eigenvalue weighted by Crippen LogP contribution is 2.24. The monoisotopic (exact) mass is 308 g/mol. The lowest BCUT2D eigenvalue weighted by Crippen LogP contribution is -2.46. The van der Waals surface area contributed by atoms with Crippen molar-refractivity contribution in [1.29, 1.82) is 0 Å². The summed E-state index contributed by atoms with van der Waals surface area (Å²) in [7, 11) is 0. The van der Waals surface area contributed by atoms with Crippen molar-refractivity contribution in [2.45, 2.75) is 18.9 Å². The molecule has 0 aromatic heterocycles. The van der Waals surface area contributed by atoms with Crippen molar-refractivity contribution in [3.8, 4) is 0 Å². The minimum atomic E-state index is -0.0430. The van der Waals surface area contributed by atoms with Gasteiger partial charge in [-0.15, -0.1) is 0 Å². The van der Waals surface area contributed by atoms with Crippen LogP contribution in [0.5, 0.6) is 0 Å². The van der Waals surface area contributed by atoms with Crippen LogP contribution in [0.2, 0.25) is 5.02 Å². The third-order valence-corrected chi connectivity index (χ3v) is 4.47. The van der Waals surface area contributed by atoms with E-state index in [1.54, 1.807) is 0 Å². The smallest absolute Gasteiger partial charge is 0.236 e. The highest BCUT2D eigenvalue weighted by atomic mass is 35.5. The molecule has 21 heavy (non-hydrogen) atoms. The normalized spacial score (nSPS) is 23.5. The predicted molar refractivity (Wildman–Crippen MR) is 82.4 cm³/mol. The van der Waals surface area contributed by atoms with Crippen LogP contribution in [0.4, 0.5) is 0 Å². The maximum Gasteiger partial charge on any atom is 0.236 e. The molecule has 2 saturated heterocycles. The van der Waals surface area contributed by atoms with Gasteiger partial charge in [0.25, 0.3) is 0 Å². The number of rotatable bonds is 3. The fraction of sp³-hybridized carbons (Fsp3) is 0.562. The molecule has 0 N–H and O–H groups in total. The minimum absolute atomic E-state index is 0.0430. The van der Waals surface area contributed by atoms with E-state index in [1.165, 1.54) is 12.8 Å². The average molecular weight is 309 g/mol. The lowest BCUT2D eigenvalue weighted by Gasteiger charge is -2.34. The molecule has 0 radical (unpaired) electrons. The van der Waals surface area contributed by atoms with E-state index in [0.29, 0.717) is 26.2 Å². The van der Waals surface area contributed by atoms with Gasteiger partial charge < -0.3 is 9.64 Å². The van der Waals surface area contributed by atoms with Crippen LogP contribution in [0.3, 0.4) is 0 Å². The van der Waals surface area contributed by atoms with Gasteiger partial charge in [0.1, 0.15) is 6.10 Å². The Bertz CT molecular complexity index is 486. The quantitative estimate of drug-likeness (QED) is 0.859. The molecule has 4 nitrogen and oxygen atoms in total. The number of hydrogen-bond donors (Lipinski definition) is 0. The van der Waals surface area contributed by atoms with Crippen LogP contribution in [0.25, 0.3) is 0 Å². The molecule has 0 saturated carbocycles. The van der Waals surface area contributed by atoms with Gasteiger partial charge in [-0.1, -0.05) is 23.7 Å². The largest absolute Gasteiger partial charge is 0.370 e. The maximum atomic E-state index is 12.4. The summed E-state index contributed by atoms with van der Waals surface area (Å²) >= 11 is 5.91. The van der Waals surface area contributed by atoms with E-state index in [-0.39, 0.29) is 12.0 Å². The molecule has 1 unspecified atom stereocenters. The fourth-order valence-corrected chi connectivity index (χ4v) is 3.11. The SMILES string of the molecule is O=C(CN1CCCC1)N1CCOC(c2ccc(Cl)cc2)C1. The number of carbonyl (C=O) groups is 1. The summed E-state index contributed by atoms with van der Waals surface area (Å²) in [6, 6.07) is 7.68. The molecule has 0 aliphatic carbocycles. The van der Waals surface area contributed by atoms with Crippen LogP contribution in [-0.4, -0.2) is 55.0 Å². The van der Waals surface area contributed by atoms with Crippen LogP contribution in [0.1, 0.15) is 24.5 Å². The second-order valence-corrected chi connectivity index (χ2v) is 6.17. The summed E-state index contributed by atoms with van der Waals surface area (Å²) in [6.07, 6.45) is 2.38. The van der Waals surface area contributed by atoms with Crippen molar-refractivity contribution >= 4 is 17.5 Å². The molecule has 1 atom stereocenters. The van der Waals surface area contributed by atoms with Gasteiger partial charge in [-0.2, -0.15) is 0 Å². The second-order valence-electron chi connectivity index (χ2n) is 5.73. The van der Waals surface area contributed by atoms with Crippen LogP contribution in [-0.2, 0) is 9.53 Å². The molecular formula is C16H21ClN2O2. The Balaban J connectivity index is 1.59. The van der Waals surface area contributed by atoms with Gasteiger partial charge in [-0.05, 0) is 43.6 Å². The summed E-state index contributed by atoms with van der Waals surface area (Å²) in [6.45, 7) is 4.57. The van der Waals surface area contributed by atoms with E-state index in [0.717, 1.165) is 23.7 Å². The number of nitrogens with zero attached hydrogens (tertiary/aromatic N) is 2. The van der Waals surface area contributed by atoms with Gasteiger partial charge >= 0.3 is 0 Å². The first-order chi connectivity index (χ1) is 10.2. The molecule has 0 bridgehead atoms. The fourth-order valence-electron chi connectivity index (χ4n) is 2.99. The number of carbonyl (C=O) groups excluding carboxylic acids is 1. The van der Waals surface area contributed by atoms with Gasteiger partial charge in [0.15, 0.2) is 0 Å². The Morgan fingerprint density at radius 3 is 2.62 bits per heavy atom. The van der Waals surface area contributed by atoms with Crippen LogP contribution >= 0.6 is 11.6 Å². The van der Waals surface area contributed by atoms with Crippen molar-refractivity contribution in [3.05, 3.63) is 34.9 Å². The van der Waals surface area contributed by atoms with Gasteiger partial charge in [0, 0.05) is 11.6 Å². The number of ether oxygens (including phenoxy) is 1. The maximum absolute atomic E-state index is 12.4. The van der Waals surface area contributed by atoms with Crippen molar-refractivity contribution in [2.75, 3.05) is 39.3 Å². The zero-order valence-electron chi connectivity index (χ0n) is 12.1. The van der Waals surface area contributed by atoms with Crippen molar-refractivity contribution in [1.82, 2.24) is 9.80 Å². The molecule has 1 amide bonds. The number of halogens is 1. The molecule has 0 spiro atoms. The van der Waals surface area contributed by atoms with E-state index in [4.69, 9.17) is 16.3 Å². The first-order valence-electron chi connectivity index (χ1n) is 7.59. The number of hydrogen-bond acceptors (Lipinski definition) is 3. The highest BCUT2D eigenvalue weighted by molar-refractivity contribution is 6.30. The molecule has 1 aromatic rings. The van der Waals surface area contributed by atoms with Crippen LogP contribution in [0.15, 0.2) is 24.3 Å². The molecule has 2 fully saturated rings. The molecule has 1 aromatic carbocycles. The summed E-state index contributed by atoms with van der Waals surface area (Å²) in [5, 5.41) is 0.719. The number of likely N-dealkylation sites (tertiary alicyclic amines) is 1. The third-order valence-electron chi connectivity index (χ3n) is 4.22. The summed E-state index contributed by atoms with van der Waals surface area (Å²) in [4.78, 5) is 16.6. The molecule has 114 valence electrons. The van der Waals surface area contributed by atoms with Gasteiger partial charge in [-0.3, -0.25) is 9.69 Å². The highest BCUT2D eigenvalue weighted by Gasteiger charge is 2.26. The van der Waals surface area contributed by atoms with Crippen molar-refractivity contribution in [2.24, 2.45) is 0 Å². The Kier molecular flexibility index (Phi) is 4.78. The standard InChI is InChI=1S/C16H21ClN2O2/c17-14-5-3-13(4-6-14)15-11-19(9-10-21-15)16(20)12-18-7-1-2-8-18/h3-6,15H,1-2,7-12H2. The average Bonchev–Trinajstić information content (AvgIpc) is 3.01. The van der Waals surface area contributed by atoms with Gasteiger partial charge in [-0.25, -0.2) is 0 Å². The zero-order valence-corrected chi connectivity index (χ0v) is 12.9. The van der Waals surface area contributed by atoms with Crippen molar-refractivity contribution < 1.29 is 9.53 Å². The topological polar surface area (TPSA) is 32.8 Å². The lowest BCUT2D eigenvalue weighted by atomic mass is 10.1. The lowest BCUT2D eigenvalue weighted by molar-refractivity contribution is -0.140.